The zero-order valence-electron chi connectivity index (χ0n) is 9.65. The highest BCUT2D eigenvalue weighted by Gasteiger charge is 2.16. The van der Waals surface area contributed by atoms with Gasteiger partial charge in [0.25, 0.3) is 0 Å². The van der Waals surface area contributed by atoms with Crippen LogP contribution >= 0.6 is 0 Å². The van der Waals surface area contributed by atoms with Crippen LogP contribution in [-0.2, 0) is 11.8 Å². The molecule has 0 aromatic carbocycles. The summed E-state index contributed by atoms with van der Waals surface area (Å²) in [5.41, 5.74) is 0. The predicted octanol–water partition coefficient (Wildman–Crippen LogP) is 0.844. The molecule has 1 aliphatic rings. The second-order valence-electron chi connectivity index (χ2n) is 4.16. The molecule has 2 rings (SSSR count). The zero-order chi connectivity index (χ0) is 11.4. The van der Waals surface area contributed by atoms with Crippen LogP contribution in [0, 0.1) is 0 Å². The van der Waals surface area contributed by atoms with Crippen molar-refractivity contribution in [1.29, 1.82) is 0 Å². The maximum Gasteiger partial charge on any atom is 0.241 e. The first kappa shape index (κ1) is 11.0. The molecule has 0 unspecified atom stereocenters. The molecule has 1 saturated heterocycles. The van der Waals surface area contributed by atoms with Gasteiger partial charge in [0.2, 0.25) is 11.9 Å². The highest BCUT2D eigenvalue weighted by Crippen LogP contribution is 2.09. The molecule has 1 aromatic rings. The average molecular weight is 222 g/mol. The molecule has 0 radical (unpaired) electrons. The Morgan fingerprint density at radius 1 is 1.44 bits per heavy atom. The van der Waals surface area contributed by atoms with Crippen molar-refractivity contribution in [2.75, 3.05) is 25.0 Å². The Balaban J connectivity index is 1.81. The quantitative estimate of drug-likeness (QED) is 0.824. The number of aryl methyl sites for hydroxylation is 1. The summed E-state index contributed by atoms with van der Waals surface area (Å²) in [4.78, 5) is 17.9. The summed E-state index contributed by atoms with van der Waals surface area (Å²) in [7, 11) is 1.90. The number of hydrogen-bond acceptors (Lipinski definition) is 3. The van der Waals surface area contributed by atoms with Crippen LogP contribution in [0.15, 0.2) is 12.4 Å². The average Bonchev–Trinajstić information content (AvgIpc) is 2.73. The number of amides is 1. The fraction of sp³-hybridized carbons (Fsp3) is 0.636. The number of imidazole rings is 1. The van der Waals surface area contributed by atoms with E-state index in [1.807, 2.05) is 22.7 Å². The Morgan fingerprint density at radius 3 is 2.81 bits per heavy atom. The summed E-state index contributed by atoms with van der Waals surface area (Å²) in [6.07, 6.45) is 7.08. The zero-order valence-corrected chi connectivity index (χ0v) is 9.65. The van der Waals surface area contributed by atoms with Gasteiger partial charge in [0.1, 0.15) is 0 Å². The van der Waals surface area contributed by atoms with E-state index in [4.69, 9.17) is 0 Å². The topological polar surface area (TPSA) is 50.2 Å². The van der Waals surface area contributed by atoms with Crippen molar-refractivity contribution >= 4 is 11.9 Å². The number of nitrogens with one attached hydrogen (secondary N) is 1. The standard InChI is InChI=1S/C11H18N4O/c1-14-8-5-12-11(14)13-9-10(16)15-6-3-2-4-7-15/h5,8H,2-4,6-7,9H2,1H3,(H,12,13). The van der Waals surface area contributed by atoms with Gasteiger partial charge in [-0.05, 0) is 19.3 Å². The van der Waals surface area contributed by atoms with Gasteiger partial charge >= 0.3 is 0 Å². The molecule has 2 heterocycles. The lowest BCUT2D eigenvalue weighted by molar-refractivity contribution is -0.130. The molecule has 1 N–H and O–H groups in total. The third-order valence-corrected chi connectivity index (χ3v) is 2.93. The van der Waals surface area contributed by atoms with Crippen LogP contribution in [0.5, 0.6) is 0 Å². The molecule has 5 nitrogen and oxygen atoms in total. The smallest absolute Gasteiger partial charge is 0.241 e. The number of aromatic nitrogens is 2. The maximum absolute atomic E-state index is 11.8. The van der Waals surface area contributed by atoms with Crippen LogP contribution in [0.4, 0.5) is 5.95 Å². The van der Waals surface area contributed by atoms with E-state index < -0.39 is 0 Å². The van der Waals surface area contributed by atoms with Crippen molar-refractivity contribution in [3.63, 3.8) is 0 Å². The van der Waals surface area contributed by atoms with Gasteiger partial charge in [-0.3, -0.25) is 4.79 Å². The third kappa shape index (κ3) is 2.53. The molecule has 0 bridgehead atoms. The van der Waals surface area contributed by atoms with E-state index in [-0.39, 0.29) is 5.91 Å². The maximum atomic E-state index is 11.8. The van der Waals surface area contributed by atoms with Crippen LogP contribution in [-0.4, -0.2) is 40.0 Å². The summed E-state index contributed by atoms with van der Waals surface area (Å²) in [5, 5.41) is 3.05. The number of carbonyl (C=O) groups is 1. The number of nitrogens with zero attached hydrogens (tertiary/aromatic N) is 3. The molecule has 1 aromatic heterocycles. The Hall–Kier alpha value is -1.52. The van der Waals surface area contributed by atoms with E-state index in [0.717, 1.165) is 31.9 Å². The first-order valence-corrected chi connectivity index (χ1v) is 5.76. The molecule has 1 fully saturated rings. The molecule has 0 atom stereocenters. The van der Waals surface area contributed by atoms with E-state index in [0.29, 0.717) is 6.54 Å². The number of carbonyl (C=O) groups excluding carboxylic acids is 1. The monoisotopic (exact) mass is 222 g/mol. The highest BCUT2D eigenvalue weighted by molar-refractivity contribution is 5.80. The van der Waals surface area contributed by atoms with Gasteiger partial charge in [0.15, 0.2) is 0 Å². The minimum atomic E-state index is 0.169. The molecule has 88 valence electrons. The van der Waals surface area contributed by atoms with Gasteiger partial charge in [-0.15, -0.1) is 0 Å². The van der Waals surface area contributed by atoms with Crippen molar-refractivity contribution in [2.24, 2.45) is 7.05 Å². The Kier molecular flexibility index (Phi) is 3.44. The summed E-state index contributed by atoms with van der Waals surface area (Å²) < 4.78 is 1.86. The molecule has 0 aliphatic carbocycles. The summed E-state index contributed by atoms with van der Waals surface area (Å²) >= 11 is 0. The normalized spacial score (nSPS) is 16.2. The van der Waals surface area contributed by atoms with Crippen molar-refractivity contribution in [2.45, 2.75) is 19.3 Å². The molecule has 16 heavy (non-hydrogen) atoms. The van der Waals surface area contributed by atoms with Crippen molar-refractivity contribution in [3.8, 4) is 0 Å². The van der Waals surface area contributed by atoms with E-state index in [2.05, 4.69) is 10.3 Å². The number of hydrogen-bond donors (Lipinski definition) is 1. The van der Waals surface area contributed by atoms with Crippen LogP contribution < -0.4 is 5.32 Å². The SMILES string of the molecule is Cn1ccnc1NCC(=O)N1CCCCC1. The molecular weight excluding hydrogens is 204 g/mol. The van der Waals surface area contributed by atoms with Crippen LogP contribution in [0.2, 0.25) is 0 Å². The molecule has 1 amide bonds. The minimum Gasteiger partial charge on any atom is -0.347 e. The largest absolute Gasteiger partial charge is 0.347 e. The van der Waals surface area contributed by atoms with Crippen LogP contribution in [0.25, 0.3) is 0 Å². The molecular formula is C11H18N4O. The van der Waals surface area contributed by atoms with Gasteiger partial charge in [0.05, 0.1) is 6.54 Å². The van der Waals surface area contributed by atoms with E-state index in [1.165, 1.54) is 6.42 Å². The second-order valence-corrected chi connectivity index (χ2v) is 4.16. The van der Waals surface area contributed by atoms with Gasteiger partial charge in [-0.1, -0.05) is 0 Å². The fourth-order valence-electron chi connectivity index (χ4n) is 1.95. The fourth-order valence-corrected chi connectivity index (χ4v) is 1.95. The third-order valence-electron chi connectivity index (χ3n) is 2.93. The lowest BCUT2D eigenvalue weighted by atomic mass is 10.1. The first-order chi connectivity index (χ1) is 7.77. The number of piperidine rings is 1. The van der Waals surface area contributed by atoms with Crippen molar-refractivity contribution < 1.29 is 4.79 Å². The van der Waals surface area contributed by atoms with Gasteiger partial charge in [0, 0.05) is 32.5 Å². The van der Waals surface area contributed by atoms with Crippen LogP contribution in [0.1, 0.15) is 19.3 Å². The summed E-state index contributed by atoms with van der Waals surface area (Å²) in [6, 6.07) is 0. The van der Waals surface area contributed by atoms with Crippen molar-refractivity contribution in [1.82, 2.24) is 14.5 Å². The lowest BCUT2D eigenvalue weighted by Crippen LogP contribution is -2.39. The predicted molar refractivity (Wildman–Crippen MR) is 62.1 cm³/mol. The molecule has 5 heteroatoms. The number of rotatable bonds is 3. The summed E-state index contributed by atoms with van der Waals surface area (Å²) in [5.74, 6) is 0.910. The van der Waals surface area contributed by atoms with E-state index in [9.17, 15) is 4.79 Å². The minimum absolute atomic E-state index is 0.169. The molecule has 1 aliphatic heterocycles. The van der Waals surface area contributed by atoms with Crippen LogP contribution in [0.3, 0.4) is 0 Å². The Morgan fingerprint density at radius 2 is 2.19 bits per heavy atom. The van der Waals surface area contributed by atoms with Gasteiger partial charge < -0.3 is 14.8 Å². The summed E-state index contributed by atoms with van der Waals surface area (Å²) in [6.45, 7) is 2.15. The first-order valence-electron chi connectivity index (χ1n) is 5.76. The number of likely N-dealkylation sites (tertiary alicyclic amines) is 1. The lowest BCUT2D eigenvalue weighted by Gasteiger charge is -2.26. The number of anilines is 1. The Bertz CT molecular complexity index is 355. The van der Waals surface area contributed by atoms with Gasteiger partial charge in [-0.2, -0.15) is 0 Å². The van der Waals surface area contributed by atoms with E-state index >= 15 is 0 Å². The Labute approximate surface area is 95.5 Å². The molecule has 0 saturated carbocycles. The highest BCUT2D eigenvalue weighted by atomic mass is 16.2. The van der Waals surface area contributed by atoms with E-state index in [1.54, 1.807) is 6.20 Å². The van der Waals surface area contributed by atoms with Crippen molar-refractivity contribution in [3.05, 3.63) is 12.4 Å². The molecule has 0 spiro atoms. The second kappa shape index (κ2) is 5.01. The van der Waals surface area contributed by atoms with Gasteiger partial charge in [-0.25, -0.2) is 4.98 Å².